The van der Waals surface area contributed by atoms with Crippen molar-refractivity contribution in [2.45, 2.75) is 6.92 Å². The fraction of sp³-hybridized carbons (Fsp3) is 0.0909. The average molecular weight is 203 g/mol. The number of nitrogens with two attached hydrogens (primary N) is 1. The average Bonchev–Trinajstić information content (AvgIpc) is 2.18. The summed E-state index contributed by atoms with van der Waals surface area (Å²) in [5, 5.41) is 9.99. The predicted molar refractivity (Wildman–Crippen MR) is 60.7 cm³/mol. The molecule has 1 aromatic rings. The van der Waals surface area contributed by atoms with Gasteiger partial charge in [-0.2, -0.15) is 0 Å². The second-order valence-electron chi connectivity index (χ2n) is 3.12. The molecule has 0 saturated carbocycles. The summed E-state index contributed by atoms with van der Waals surface area (Å²) < 4.78 is 0. The van der Waals surface area contributed by atoms with Crippen LogP contribution in [-0.2, 0) is 4.79 Å². The minimum Gasteiger partial charge on any atom is -0.402 e. The van der Waals surface area contributed by atoms with Crippen molar-refractivity contribution in [2.24, 2.45) is 5.73 Å². The summed E-state index contributed by atoms with van der Waals surface area (Å²) in [7, 11) is 0. The largest absolute Gasteiger partial charge is 0.402 e. The van der Waals surface area contributed by atoms with Gasteiger partial charge in [0.05, 0.1) is 0 Å². The van der Waals surface area contributed by atoms with Crippen LogP contribution in [0.5, 0.6) is 0 Å². The molecule has 0 saturated heterocycles. The zero-order valence-corrected chi connectivity index (χ0v) is 8.45. The Bertz CT molecular complexity index is 392. The van der Waals surface area contributed by atoms with E-state index in [1.165, 1.54) is 6.08 Å². The predicted octanol–water partition coefficient (Wildman–Crippen LogP) is 1.51. The van der Waals surface area contributed by atoms with E-state index < -0.39 is 5.91 Å². The molecule has 78 valence electrons. The number of carbonyl (C=O) groups excluding carboxylic acids is 1. The Morgan fingerprint density at radius 3 is 2.53 bits per heavy atom. The molecule has 0 fully saturated rings. The number of rotatable bonds is 3. The van der Waals surface area contributed by atoms with Crippen LogP contribution in [0.1, 0.15) is 6.92 Å². The zero-order valence-electron chi connectivity index (χ0n) is 8.45. The van der Waals surface area contributed by atoms with Crippen LogP contribution in [0, 0.1) is 5.41 Å². The van der Waals surface area contributed by atoms with Crippen LogP contribution in [0.3, 0.4) is 0 Å². The summed E-state index contributed by atoms with van der Waals surface area (Å²) in [5.41, 5.74) is 6.31. The molecule has 0 radical (unpaired) electrons. The van der Waals surface area contributed by atoms with Crippen molar-refractivity contribution in [1.29, 1.82) is 5.41 Å². The van der Waals surface area contributed by atoms with Crippen LogP contribution >= 0.6 is 0 Å². The van der Waals surface area contributed by atoms with Gasteiger partial charge < -0.3 is 11.1 Å². The lowest BCUT2D eigenvalue weighted by Gasteiger charge is -2.03. The fourth-order valence-electron chi connectivity index (χ4n) is 1.01. The molecule has 0 spiro atoms. The fourth-order valence-corrected chi connectivity index (χ4v) is 1.01. The number of allylic oxidation sites excluding steroid dienone is 1. The van der Waals surface area contributed by atoms with E-state index in [9.17, 15) is 4.79 Å². The highest BCUT2D eigenvalue weighted by atomic mass is 16.1. The number of benzene rings is 1. The summed E-state index contributed by atoms with van der Waals surface area (Å²) >= 11 is 0. The van der Waals surface area contributed by atoms with E-state index in [2.05, 4.69) is 5.32 Å². The third kappa shape index (κ3) is 3.64. The monoisotopic (exact) mass is 203 g/mol. The number of para-hydroxylation sites is 1. The van der Waals surface area contributed by atoms with Gasteiger partial charge >= 0.3 is 0 Å². The molecule has 0 aliphatic rings. The van der Waals surface area contributed by atoms with Gasteiger partial charge in [0.15, 0.2) is 0 Å². The molecule has 0 aromatic heterocycles. The lowest BCUT2D eigenvalue weighted by Crippen LogP contribution is -2.21. The van der Waals surface area contributed by atoms with Crippen LogP contribution in [0.15, 0.2) is 42.1 Å². The van der Waals surface area contributed by atoms with Crippen molar-refractivity contribution in [1.82, 2.24) is 0 Å². The van der Waals surface area contributed by atoms with E-state index in [-0.39, 0.29) is 5.71 Å². The summed E-state index contributed by atoms with van der Waals surface area (Å²) in [6.07, 6.45) is 1.32. The SMILES string of the molecule is C/C(N)=C/C(=N)C(=O)Nc1ccccc1. The first-order chi connectivity index (χ1) is 7.09. The first kappa shape index (κ1) is 11.0. The minimum absolute atomic E-state index is 0.154. The Morgan fingerprint density at radius 1 is 1.40 bits per heavy atom. The molecule has 0 bridgehead atoms. The van der Waals surface area contributed by atoms with Crippen LogP contribution in [0.4, 0.5) is 5.69 Å². The maximum Gasteiger partial charge on any atom is 0.273 e. The number of nitrogens with one attached hydrogen (secondary N) is 2. The highest BCUT2D eigenvalue weighted by Crippen LogP contribution is 2.04. The van der Waals surface area contributed by atoms with Crippen LogP contribution in [0.25, 0.3) is 0 Å². The van der Waals surface area contributed by atoms with Gasteiger partial charge in [-0.3, -0.25) is 10.2 Å². The molecular formula is C11H13N3O. The summed E-state index contributed by atoms with van der Waals surface area (Å²) in [6.45, 7) is 1.63. The Kier molecular flexibility index (Phi) is 3.62. The van der Waals surface area contributed by atoms with E-state index in [1.54, 1.807) is 19.1 Å². The zero-order chi connectivity index (χ0) is 11.3. The third-order valence-electron chi connectivity index (χ3n) is 1.65. The molecule has 0 atom stereocenters. The first-order valence-electron chi connectivity index (χ1n) is 4.48. The molecule has 4 heteroatoms. The number of hydrogen-bond acceptors (Lipinski definition) is 3. The molecule has 1 aromatic carbocycles. The van der Waals surface area contributed by atoms with Crippen molar-refractivity contribution in [3.8, 4) is 0 Å². The molecule has 4 N–H and O–H groups in total. The molecule has 0 aliphatic carbocycles. The third-order valence-corrected chi connectivity index (χ3v) is 1.65. The number of amides is 1. The molecule has 15 heavy (non-hydrogen) atoms. The molecule has 0 heterocycles. The number of anilines is 1. The topological polar surface area (TPSA) is 79.0 Å². The Morgan fingerprint density at radius 2 is 2.00 bits per heavy atom. The summed E-state index contributed by atoms with van der Waals surface area (Å²) in [5.74, 6) is -0.467. The first-order valence-corrected chi connectivity index (χ1v) is 4.48. The van der Waals surface area contributed by atoms with E-state index in [1.807, 2.05) is 18.2 Å². The van der Waals surface area contributed by atoms with E-state index in [4.69, 9.17) is 11.1 Å². The van der Waals surface area contributed by atoms with Crippen LogP contribution in [-0.4, -0.2) is 11.6 Å². The summed E-state index contributed by atoms with van der Waals surface area (Å²) in [6, 6.07) is 8.98. The van der Waals surface area contributed by atoms with Crippen LogP contribution < -0.4 is 11.1 Å². The Labute approximate surface area is 88.3 Å². The van der Waals surface area contributed by atoms with Gasteiger partial charge in [0.25, 0.3) is 5.91 Å². The van der Waals surface area contributed by atoms with Gasteiger partial charge in [-0.25, -0.2) is 0 Å². The molecule has 0 aliphatic heterocycles. The molecule has 4 nitrogen and oxygen atoms in total. The molecule has 1 amide bonds. The standard InChI is InChI=1S/C11H13N3O/c1-8(12)7-10(13)11(15)14-9-5-3-2-4-6-9/h2-7,13H,12H2,1H3,(H,14,15)/b8-7-,13-10?. The summed E-state index contributed by atoms with van der Waals surface area (Å²) in [4.78, 5) is 11.4. The van der Waals surface area contributed by atoms with Crippen molar-refractivity contribution in [3.63, 3.8) is 0 Å². The van der Waals surface area contributed by atoms with E-state index >= 15 is 0 Å². The minimum atomic E-state index is -0.467. The van der Waals surface area contributed by atoms with Gasteiger partial charge in [0.1, 0.15) is 5.71 Å². The second kappa shape index (κ2) is 4.95. The molecular weight excluding hydrogens is 190 g/mol. The van der Waals surface area contributed by atoms with Gasteiger partial charge in [-0.05, 0) is 25.1 Å². The van der Waals surface area contributed by atoms with Gasteiger partial charge in [-0.1, -0.05) is 18.2 Å². The second-order valence-corrected chi connectivity index (χ2v) is 3.12. The van der Waals surface area contributed by atoms with Crippen molar-refractivity contribution >= 4 is 17.3 Å². The molecule has 1 rings (SSSR count). The lowest BCUT2D eigenvalue weighted by atomic mass is 10.2. The van der Waals surface area contributed by atoms with Gasteiger partial charge in [0.2, 0.25) is 0 Å². The number of hydrogen-bond donors (Lipinski definition) is 3. The molecule has 0 unspecified atom stereocenters. The number of carbonyl (C=O) groups is 1. The smallest absolute Gasteiger partial charge is 0.273 e. The van der Waals surface area contributed by atoms with E-state index in [0.717, 1.165) is 0 Å². The van der Waals surface area contributed by atoms with Crippen LogP contribution in [0.2, 0.25) is 0 Å². The van der Waals surface area contributed by atoms with Crippen molar-refractivity contribution in [2.75, 3.05) is 5.32 Å². The van der Waals surface area contributed by atoms with Gasteiger partial charge in [0, 0.05) is 11.4 Å². The Balaban J connectivity index is 2.65. The van der Waals surface area contributed by atoms with Crippen molar-refractivity contribution < 1.29 is 4.79 Å². The normalized spacial score (nSPS) is 10.9. The highest BCUT2D eigenvalue weighted by Gasteiger charge is 2.06. The highest BCUT2D eigenvalue weighted by molar-refractivity contribution is 6.46. The van der Waals surface area contributed by atoms with Crippen molar-refractivity contribution in [3.05, 3.63) is 42.1 Å². The maximum atomic E-state index is 11.4. The lowest BCUT2D eigenvalue weighted by molar-refractivity contribution is -0.110. The van der Waals surface area contributed by atoms with E-state index in [0.29, 0.717) is 11.4 Å². The Hall–Kier alpha value is -2.10. The maximum absolute atomic E-state index is 11.4. The quantitative estimate of drug-likeness (QED) is 0.651. The van der Waals surface area contributed by atoms with Gasteiger partial charge in [-0.15, -0.1) is 0 Å².